The molecule has 0 radical (unpaired) electrons. The van der Waals surface area contributed by atoms with Crippen molar-refractivity contribution in [2.75, 3.05) is 17.6 Å². The quantitative estimate of drug-likeness (QED) is 0.821. The average molecular weight is 234 g/mol. The van der Waals surface area contributed by atoms with Crippen LogP contribution < -0.4 is 11.1 Å². The van der Waals surface area contributed by atoms with Gasteiger partial charge < -0.3 is 11.1 Å². The van der Waals surface area contributed by atoms with Crippen molar-refractivity contribution >= 4 is 11.6 Å². The SMILES string of the molecule is CCc1nc(N)c(C)c(NCC(C)C2CC2)n1. The van der Waals surface area contributed by atoms with Crippen molar-refractivity contribution in [2.45, 2.75) is 40.0 Å². The van der Waals surface area contributed by atoms with Crippen LogP contribution in [0.25, 0.3) is 0 Å². The molecule has 1 saturated carbocycles. The molecule has 1 aliphatic carbocycles. The van der Waals surface area contributed by atoms with Gasteiger partial charge in [0.2, 0.25) is 0 Å². The van der Waals surface area contributed by atoms with E-state index < -0.39 is 0 Å². The lowest BCUT2D eigenvalue weighted by atomic mass is 10.1. The zero-order valence-corrected chi connectivity index (χ0v) is 11.0. The average Bonchev–Trinajstić information content (AvgIpc) is 3.14. The van der Waals surface area contributed by atoms with E-state index in [1.165, 1.54) is 12.8 Å². The van der Waals surface area contributed by atoms with E-state index >= 15 is 0 Å². The summed E-state index contributed by atoms with van der Waals surface area (Å²) in [5, 5.41) is 3.42. The van der Waals surface area contributed by atoms with Crippen LogP contribution in [0.15, 0.2) is 0 Å². The molecule has 94 valence electrons. The van der Waals surface area contributed by atoms with Crippen LogP contribution in [0, 0.1) is 18.8 Å². The Kier molecular flexibility index (Phi) is 3.50. The van der Waals surface area contributed by atoms with Gasteiger partial charge in [-0.15, -0.1) is 0 Å². The molecule has 1 aromatic heterocycles. The summed E-state index contributed by atoms with van der Waals surface area (Å²) in [7, 11) is 0. The summed E-state index contributed by atoms with van der Waals surface area (Å²) in [5.74, 6) is 3.94. The second-order valence-electron chi connectivity index (χ2n) is 5.05. The molecule has 1 aromatic rings. The second kappa shape index (κ2) is 4.90. The van der Waals surface area contributed by atoms with Crippen LogP contribution in [0.3, 0.4) is 0 Å². The van der Waals surface area contributed by atoms with Crippen molar-refractivity contribution in [1.82, 2.24) is 9.97 Å². The van der Waals surface area contributed by atoms with E-state index in [-0.39, 0.29) is 0 Å². The van der Waals surface area contributed by atoms with Gasteiger partial charge in [-0.2, -0.15) is 0 Å². The number of hydrogen-bond acceptors (Lipinski definition) is 4. The maximum absolute atomic E-state index is 5.88. The molecule has 1 aliphatic rings. The Balaban J connectivity index is 2.05. The van der Waals surface area contributed by atoms with E-state index in [1.807, 2.05) is 13.8 Å². The standard InChI is InChI=1S/C13H22N4/c1-4-11-16-12(14)9(3)13(17-11)15-7-8(2)10-5-6-10/h8,10H,4-7H2,1-3H3,(H3,14,15,16,17). The molecule has 2 rings (SSSR count). The van der Waals surface area contributed by atoms with Gasteiger partial charge in [0.1, 0.15) is 17.5 Å². The van der Waals surface area contributed by atoms with Crippen molar-refractivity contribution in [2.24, 2.45) is 11.8 Å². The number of rotatable bonds is 5. The summed E-state index contributed by atoms with van der Waals surface area (Å²) in [5.41, 5.74) is 6.85. The van der Waals surface area contributed by atoms with Gasteiger partial charge in [0.05, 0.1) is 0 Å². The van der Waals surface area contributed by atoms with Crippen LogP contribution in [-0.2, 0) is 6.42 Å². The summed E-state index contributed by atoms with van der Waals surface area (Å²) in [6.45, 7) is 7.29. The van der Waals surface area contributed by atoms with Crippen molar-refractivity contribution in [1.29, 1.82) is 0 Å². The Morgan fingerprint density at radius 3 is 2.71 bits per heavy atom. The number of aromatic nitrogens is 2. The highest BCUT2D eigenvalue weighted by Gasteiger charge is 2.27. The lowest BCUT2D eigenvalue weighted by Crippen LogP contribution is -2.16. The van der Waals surface area contributed by atoms with Gasteiger partial charge in [-0.1, -0.05) is 13.8 Å². The highest BCUT2D eigenvalue weighted by molar-refractivity contribution is 5.54. The predicted octanol–water partition coefficient (Wildman–Crippen LogP) is 2.39. The molecule has 0 spiro atoms. The van der Waals surface area contributed by atoms with Gasteiger partial charge in [0, 0.05) is 18.5 Å². The van der Waals surface area contributed by atoms with Gasteiger partial charge in [0.25, 0.3) is 0 Å². The van der Waals surface area contributed by atoms with Gasteiger partial charge >= 0.3 is 0 Å². The molecule has 1 heterocycles. The van der Waals surface area contributed by atoms with E-state index in [4.69, 9.17) is 5.73 Å². The van der Waals surface area contributed by atoms with E-state index in [0.29, 0.717) is 5.82 Å². The maximum atomic E-state index is 5.88. The fourth-order valence-corrected chi connectivity index (χ4v) is 2.00. The number of aryl methyl sites for hydroxylation is 1. The first-order valence-corrected chi connectivity index (χ1v) is 6.48. The minimum Gasteiger partial charge on any atom is -0.383 e. The topological polar surface area (TPSA) is 63.8 Å². The summed E-state index contributed by atoms with van der Waals surface area (Å²) in [6.07, 6.45) is 3.58. The number of nitrogens with zero attached hydrogens (tertiary/aromatic N) is 2. The van der Waals surface area contributed by atoms with E-state index in [1.54, 1.807) is 0 Å². The van der Waals surface area contributed by atoms with Crippen LogP contribution in [0.4, 0.5) is 11.6 Å². The van der Waals surface area contributed by atoms with Gasteiger partial charge in [0.15, 0.2) is 0 Å². The Hall–Kier alpha value is -1.32. The number of nitrogen functional groups attached to an aromatic ring is 1. The van der Waals surface area contributed by atoms with Crippen LogP contribution in [0.2, 0.25) is 0 Å². The number of hydrogen-bond donors (Lipinski definition) is 2. The molecule has 0 saturated heterocycles. The normalized spacial score (nSPS) is 16.9. The fraction of sp³-hybridized carbons (Fsp3) is 0.692. The molecule has 1 fully saturated rings. The van der Waals surface area contributed by atoms with Crippen molar-refractivity contribution in [3.05, 3.63) is 11.4 Å². The van der Waals surface area contributed by atoms with Crippen molar-refractivity contribution < 1.29 is 0 Å². The minimum atomic E-state index is 0.596. The van der Waals surface area contributed by atoms with Crippen molar-refractivity contribution in [3.8, 4) is 0 Å². The van der Waals surface area contributed by atoms with Crippen LogP contribution in [0.1, 0.15) is 38.1 Å². The Labute approximate surface area is 103 Å². The smallest absolute Gasteiger partial charge is 0.134 e. The molecular formula is C13H22N4. The molecule has 0 amide bonds. The lowest BCUT2D eigenvalue weighted by Gasteiger charge is -2.15. The summed E-state index contributed by atoms with van der Waals surface area (Å²) in [6, 6.07) is 0. The summed E-state index contributed by atoms with van der Waals surface area (Å²) >= 11 is 0. The minimum absolute atomic E-state index is 0.596. The molecule has 0 bridgehead atoms. The first kappa shape index (κ1) is 12.1. The molecule has 1 unspecified atom stereocenters. The number of nitrogens with two attached hydrogens (primary N) is 1. The first-order chi connectivity index (χ1) is 8.11. The van der Waals surface area contributed by atoms with E-state index in [9.17, 15) is 0 Å². The van der Waals surface area contributed by atoms with E-state index in [2.05, 4.69) is 22.2 Å². The predicted molar refractivity (Wildman–Crippen MR) is 70.9 cm³/mol. The molecule has 3 N–H and O–H groups in total. The molecular weight excluding hydrogens is 212 g/mol. The van der Waals surface area contributed by atoms with Crippen molar-refractivity contribution in [3.63, 3.8) is 0 Å². The molecule has 4 nitrogen and oxygen atoms in total. The van der Waals surface area contributed by atoms with Crippen LogP contribution in [-0.4, -0.2) is 16.5 Å². The maximum Gasteiger partial charge on any atom is 0.134 e. The molecule has 0 aliphatic heterocycles. The highest BCUT2D eigenvalue weighted by atomic mass is 15.1. The Morgan fingerprint density at radius 2 is 2.12 bits per heavy atom. The zero-order chi connectivity index (χ0) is 12.4. The van der Waals surface area contributed by atoms with Gasteiger partial charge in [-0.3, -0.25) is 0 Å². The largest absolute Gasteiger partial charge is 0.383 e. The lowest BCUT2D eigenvalue weighted by molar-refractivity contribution is 0.535. The van der Waals surface area contributed by atoms with Crippen LogP contribution >= 0.6 is 0 Å². The number of nitrogens with one attached hydrogen (secondary N) is 1. The Morgan fingerprint density at radius 1 is 1.41 bits per heavy atom. The third-order valence-corrected chi connectivity index (χ3v) is 3.56. The molecule has 0 aromatic carbocycles. The highest BCUT2D eigenvalue weighted by Crippen LogP contribution is 2.36. The van der Waals surface area contributed by atoms with Crippen LogP contribution in [0.5, 0.6) is 0 Å². The molecule has 1 atom stereocenters. The monoisotopic (exact) mass is 234 g/mol. The van der Waals surface area contributed by atoms with Gasteiger partial charge in [-0.05, 0) is 31.6 Å². The third-order valence-electron chi connectivity index (χ3n) is 3.56. The zero-order valence-electron chi connectivity index (χ0n) is 11.0. The molecule has 4 heteroatoms. The summed E-state index contributed by atoms with van der Waals surface area (Å²) in [4.78, 5) is 8.75. The second-order valence-corrected chi connectivity index (χ2v) is 5.05. The third kappa shape index (κ3) is 2.87. The van der Waals surface area contributed by atoms with E-state index in [0.717, 1.165) is 42.0 Å². The fourth-order valence-electron chi connectivity index (χ4n) is 2.00. The number of anilines is 2. The molecule has 17 heavy (non-hydrogen) atoms. The summed E-state index contributed by atoms with van der Waals surface area (Å²) < 4.78 is 0. The first-order valence-electron chi connectivity index (χ1n) is 6.48. The Bertz CT molecular complexity index is 399. The van der Waals surface area contributed by atoms with Gasteiger partial charge in [-0.25, -0.2) is 9.97 Å².